The van der Waals surface area contributed by atoms with Crippen LogP contribution < -0.4 is 0 Å². The fourth-order valence-corrected chi connectivity index (χ4v) is 0.249. The highest BCUT2D eigenvalue weighted by atomic mass is 16.4. The molecule has 0 spiro atoms. The van der Waals surface area contributed by atoms with E-state index in [9.17, 15) is 4.79 Å². The van der Waals surface area contributed by atoms with Crippen molar-refractivity contribution in [2.24, 2.45) is 11.8 Å². The SMILES string of the molecule is CC(C)C(C)C.CC=CC=CC(=O)O. The Morgan fingerprint density at radius 1 is 1.07 bits per heavy atom. The standard InChI is InChI=1S/C6H8O2.C6H14/c1-2-3-4-5-6(7)8;1-5(2)6(3)4/h2-5H,1H3,(H,7,8);5-6H,1-4H3. The van der Waals surface area contributed by atoms with Crippen LogP contribution in [0.2, 0.25) is 0 Å². The van der Waals surface area contributed by atoms with Crippen LogP contribution in [0.3, 0.4) is 0 Å². The second-order valence-electron chi connectivity index (χ2n) is 3.71. The first-order valence-corrected chi connectivity index (χ1v) is 4.94. The van der Waals surface area contributed by atoms with Crippen molar-refractivity contribution in [1.82, 2.24) is 0 Å². The van der Waals surface area contributed by atoms with Gasteiger partial charge in [-0.05, 0) is 18.8 Å². The number of aliphatic carboxylic acids is 1. The summed E-state index contributed by atoms with van der Waals surface area (Å²) in [5, 5.41) is 8.02. The Morgan fingerprint density at radius 3 is 1.71 bits per heavy atom. The van der Waals surface area contributed by atoms with Crippen molar-refractivity contribution in [1.29, 1.82) is 0 Å². The second kappa shape index (κ2) is 10.0. The summed E-state index contributed by atoms with van der Waals surface area (Å²) >= 11 is 0. The molecule has 2 nitrogen and oxygen atoms in total. The molecule has 0 saturated carbocycles. The van der Waals surface area contributed by atoms with Gasteiger partial charge in [0.05, 0.1) is 0 Å². The fourth-order valence-electron chi connectivity index (χ4n) is 0.249. The minimum Gasteiger partial charge on any atom is -0.478 e. The molecule has 0 heterocycles. The summed E-state index contributed by atoms with van der Waals surface area (Å²) in [5.74, 6) is 0.790. The number of hydrogen-bond acceptors (Lipinski definition) is 1. The number of carboxylic acids is 1. The van der Waals surface area contributed by atoms with Crippen LogP contribution in [-0.2, 0) is 4.79 Å². The monoisotopic (exact) mass is 198 g/mol. The van der Waals surface area contributed by atoms with Gasteiger partial charge in [-0.3, -0.25) is 0 Å². The van der Waals surface area contributed by atoms with Crippen LogP contribution in [0.4, 0.5) is 0 Å². The molecule has 1 N–H and O–H groups in total. The maximum atomic E-state index is 9.75. The van der Waals surface area contributed by atoms with Gasteiger partial charge in [0, 0.05) is 6.08 Å². The molecular formula is C12H22O2. The molecule has 0 atom stereocenters. The highest BCUT2D eigenvalue weighted by Gasteiger charge is 1.95. The van der Waals surface area contributed by atoms with Crippen molar-refractivity contribution in [3.8, 4) is 0 Å². The predicted octanol–water partition coefficient (Wildman–Crippen LogP) is 3.50. The van der Waals surface area contributed by atoms with E-state index in [1.54, 1.807) is 12.2 Å². The minimum atomic E-state index is -0.914. The quantitative estimate of drug-likeness (QED) is 0.556. The Hall–Kier alpha value is -1.05. The molecule has 0 aromatic heterocycles. The molecule has 0 aromatic carbocycles. The van der Waals surface area contributed by atoms with Crippen molar-refractivity contribution < 1.29 is 9.90 Å². The van der Waals surface area contributed by atoms with Gasteiger partial charge in [-0.2, -0.15) is 0 Å². The van der Waals surface area contributed by atoms with E-state index in [1.165, 1.54) is 6.08 Å². The zero-order chi connectivity index (χ0) is 11.6. The van der Waals surface area contributed by atoms with Crippen LogP contribution in [-0.4, -0.2) is 11.1 Å². The smallest absolute Gasteiger partial charge is 0.328 e. The third-order valence-corrected chi connectivity index (χ3v) is 1.88. The van der Waals surface area contributed by atoms with E-state index in [-0.39, 0.29) is 0 Å². The van der Waals surface area contributed by atoms with Crippen LogP contribution in [0.1, 0.15) is 34.6 Å². The zero-order valence-corrected chi connectivity index (χ0v) is 9.82. The van der Waals surface area contributed by atoms with Crippen LogP contribution in [0.5, 0.6) is 0 Å². The zero-order valence-electron chi connectivity index (χ0n) is 9.82. The summed E-state index contributed by atoms with van der Waals surface area (Å²) in [6.07, 6.45) is 5.98. The van der Waals surface area contributed by atoms with Crippen molar-refractivity contribution in [3.05, 3.63) is 24.3 Å². The van der Waals surface area contributed by atoms with E-state index >= 15 is 0 Å². The average molecular weight is 198 g/mol. The normalized spacial score (nSPS) is 11.1. The number of hydrogen-bond donors (Lipinski definition) is 1. The largest absolute Gasteiger partial charge is 0.478 e. The first kappa shape index (κ1) is 15.4. The van der Waals surface area contributed by atoms with Gasteiger partial charge in [0.1, 0.15) is 0 Å². The van der Waals surface area contributed by atoms with Crippen molar-refractivity contribution in [3.63, 3.8) is 0 Å². The highest BCUT2D eigenvalue weighted by Crippen LogP contribution is 2.05. The first-order valence-electron chi connectivity index (χ1n) is 4.94. The lowest BCUT2D eigenvalue weighted by Gasteiger charge is -2.05. The lowest BCUT2D eigenvalue weighted by atomic mass is 10.0. The molecule has 14 heavy (non-hydrogen) atoms. The van der Waals surface area contributed by atoms with Gasteiger partial charge < -0.3 is 5.11 Å². The van der Waals surface area contributed by atoms with E-state index in [0.717, 1.165) is 17.9 Å². The lowest BCUT2D eigenvalue weighted by molar-refractivity contribution is -0.131. The lowest BCUT2D eigenvalue weighted by Crippen LogP contribution is -1.95. The molecule has 2 heteroatoms. The Kier molecular flexibility index (Phi) is 11.1. The van der Waals surface area contributed by atoms with Gasteiger partial charge in [0.15, 0.2) is 0 Å². The maximum Gasteiger partial charge on any atom is 0.328 e. The minimum absolute atomic E-state index is 0.852. The van der Waals surface area contributed by atoms with Crippen molar-refractivity contribution in [2.75, 3.05) is 0 Å². The van der Waals surface area contributed by atoms with E-state index in [4.69, 9.17) is 5.11 Å². The topological polar surface area (TPSA) is 37.3 Å². The molecule has 0 amide bonds. The Labute approximate surface area is 87.3 Å². The first-order chi connectivity index (χ1) is 6.41. The molecule has 0 unspecified atom stereocenters. The predicted molar refractivity (Wildman–Crippen MR) is 61.3 cm³/mol. The average Bonchev–Trinajstić information content (AvgIpc) is 2.05. The van der Waals surface area contributed by atoms with Crippen LogP contribution in [0.25, 0.3) is 0 Å². The fraction of sp³-hybridized carbons (Fsp3) is 0.583. The third kappa shape index (κ3) is 17.2. The number of carboxylic acid groups (broad SMARTS) is 1. The summed E-state index contributed by atoms with van der Waals surface area (Å²) in [7, 11) is 0. The van der Waals surface area contributed by atoms with Gasteiger partial charge in [0.25, 0.3) is 0 Å². The Bertz CT molecular complexity index is 182. The molecule has 0 saturated heterocycles. The molecule has 0 aliphatic heterocycles. The van der Waals surface area contributed by atoms with Gasteiger partial charge >= 0.3 is 5.97 Å². The molecule has 0 fully saturated rings. The molecule has 0 radical (unpaired) electrons. The number of carbonyl (C=O) groups is 1. The molecule has 0 aliphatic rings. The van der Waals surface area contributed by atoms with Gasteiger partial charge in [-0.1, -0.05) is 45.9 Å². The molecule has 82 valence electrons. The third-order valence-electron chi connectivity index (χ3n) is 1.88. The van der Waals surface area contributed by atoms with E-state index in [1.807, 2.05) is 6.92 Å². The second-order valence-corrected chi connectivity index (χ2v) is 3.71. The summed E-state index contributed by atoms with van der Waals surface area (Å²) in [6.45, 7) is 10.8. The molecule has 0 rings (SSSR count). The van der Waals surface area contributed by atoms with Crippen LogP contribution in [0.15, 0.2) is 24.3 Å². The summed E-state index contributed by atoms with van der Waals surface area (Å²) in [4.78, 5) is 9.75. The maximum absolute atomic E-state index is 9.75. The van der Waals surface area contributed by atoms with E-state index in [0.29, 0.717) is 0 Å². The molecule has 0 aliphatic carbocycles. The summed E-state index contributed by atoms with van der Waals surface area (Å²) < 4.78 is 0. The van der Waals surface area contributed by atoms with E-state index in [2.05, 4.69) is 27.7 Å². The van der Waals surface area contributed by atoms with Crippen LogP contribution in [0, 0.1) is 11.8 Å². The summed E-state index contributed by atoms with van der Waals surface area (Å²) in [5.41, 5.74) is 0. The Morgan fingerprint density at radius 2 is 1.50 bits per heavy atom. The van der Waals surface area contributed by atoms with Gasteiger partial charge in [0.2, 0.25) is 0 Å². The highest BCUT2D eigenvalue weighted by molar-refractivity contribution is 5.80. The number of rotatable bonds is 3. The molecule has 0 aromatic rings. The van der Waals surface area contributed by atoms with Gasteiger partial charge in [-0.15, -0.1) is 0 Å². The Balaban J connectivity index is 0. The van der Waals surface area contributed by atoms with Crippen LogP contribution >= 0.6 is 0 Å². The van der Waals surface area contributed by atoms with Crippen molar-refractivity contribution >= 4 is 5.97 Å². The van der Waals surface area contributed by atoms with E-state index < -0.39 is 5.97 Å². The molecular weight excluding hydrogens is 176 g/mol. The number of allylic oxidation sites excluding steroid dienone is 3. The molecule has 0 bridgehead atoms. The van der Waals surface area contributed by atoms with Gasteiger partial charge in [-0.25, -0.2) is 4.79 Å². The van der Waals surface area contributed by atoms with Crippen molar-refractivity contribution in [2.45, 2.75) is 34.6 Å². The summed E-state index contributed by atoms with van der Waals surface area (Å²) in [6, 6.07) is 0.